The summed E-state index contributed by atoms with van der Waals surface area (Å²) < 4.78 is 29.2. The summed E-state index contributed by atoms with van der Waals surface area (Å²) in [6.45, 7) is 6.80. The van der Waals surface area contributed by atoms with E-state index in [0.717, 1.165) is 12.1 Å². The van der Waals surface area contributed by atoms with Crippen molar-refractivity contribution in [3.63, 3.8) is 0 Å². The Labute approximate surface area is 147 Å². The summed E-state index contributed by atoms with van der Waals surface area (Å²) in [4.78, 5) is 4.40. The van der Waals surface area contributed by atoms with Gasteiger partial charge in [0.2, 0.25) is 0 Å². The fourth-order valence-electron chi connectivity index (χ4n) is 1.57. The first-order valence-electron chi connectivity index (χ1n) is 6.78. The van der Waals surface area contributed by atoms with Gasteiger partial charge in [0.25, 0.3) is 6.43 Å². The Balaban J connectivity index is 0.00000441. The van der Waals surface area contributed by atoms with Gasteiger partial charge in [0.15, 0.2) is 5.96 Å². The maximum absolute atomic E-state index is 12.1. The average molecular weight is 425 g/mol. The van der Waals surface area contributed by atoms with Crippen molar-refractivity contribution in [2.75, 3.05) is 19.7 Å². The Morgan fingerprint density at radius 1 is 1.41 bits per heavy atom. The van der Waals surface area contributed by atoms with Gasteiger partial charge in [0.05, 0.1) is 6.54 Å². The molecule has 0 aliphatic carbocycles. The molecule has 1 aromatic carbocycles. The highest BCUT2D eigenvalue weighted by Gasteiger charge is 2.04. The zero-order valence-electron chi connectivity index (χ0n) is 12.5. The Morgan fingerprint density at radius 3 is 2.82 bits per heavy atom. The Bertz CT molecular complexity index is 470. The third-order valence-corrected chi connectivity index (χ3v) is 2.45. The number of benzene rings is 1. The van der Waals surface area contributed by atoms with E-state index in [1.807, 2.05) is 13.0 Å². The van der Waals surface area contributed by atoms with E-state index >= 15 is 0 Å². The second-order valence-electron chi connectivity index (χ2n) is 4.21. The zero-order chi connectivity index (χ0) is 15.5. The van der Waals surface area contributed by atoms with Crippen LogP contribution in [0.15, 0.2) is 41.9 Å². The van der Waals surface area contributed by atoms with E-state index < -0.39 is 13.0 Å². The first-order chi connectivity index (χ1) is 10.2. The molecule has 0 radical (unpaired) electrons. The molecule has 0 saturated carbocycles. The maximum atomic E-state index is 12.1. The van der Waals surface area contributed by atoms with E-state index in [1.165, 1.54) is 0 Å². The minimum Gasteiger partial charge on any atom is -0.488 e. The monoisotopic (exact) mass is 425 g/mol. The lowest BCUT2D eigenvalue weighted by Gasteiger charge is -2.10. The fourth-order valence-corrected chi connectivity index (χ4v) is 1.57. The van der Waals surface area contributed by atoms with Crippen LogP contribution in [-0.2, 0) is 6.54 Å². The second-order valence-corrected chi connectivity index (χ2v) is 4.21. The molecule has 4 nitrogen and oxygen atoms in total. The molecule has 0 aromatic heterocycles. The van der Waals surface area contributed by atoms with Crippen molar-refractivity contribution in [1.29, 1.82) is 0 Å². The van der Waals surface area contributed by atoms with E-state index in [1.54, 1.807) is 24.3 Å². The summed E-state index contributed by atoms with van der Waals surface area (Å²) in [5.41, 5.74) is 0.887. The Morgan fingerprint density at radius 2 is 2.18 bits per heavy atom. The molecule has 0 unspecified atom stereocenters. The van der Waals surface area contributed by atoms with E-state index in [-0.39, 0.29) is 24.0 Å². The van der Waals surface area contributed by atoms with Crippen LogP contribution in [0.3, 0.4) is 0 Å². The number of nitrogens with zero attached hydrogens (tertiary/aromatic N) is 1. The molecule has 0 atom stereocenters. The van der Waals surface area contributed by atoms with Crippen molar-refractivity contribution < 1.29 is 13.5 Å². The molecule has 0 amide bonds. The molecule has 0 heterocycles. The lowest BCUT2D eigenvalue weighted by molar-refractivity contribution is 0.0818. The molecule has 0 fully saturated rings. The van der Waals surface area contributed by atoms with Crippen LogP contribution < -0.4 is 15.4 Å². The summed E-state index contributed by atoms with van der Waals surface area (Å²) in [6.07, 6.45) is -0.735. The number of ether oxygens (including phenoxy) is 1. The van der Waals surface area contributed by atoms with Crippen molar-refractivity contribution in [2.24, 2.45) is 4.99 Å². The van der Waals surface area contributed by atoms with Crippen LogP contribution >= 0.6 is 24.0 Å². The molecule has 0 aliphatic rings. The fraction of sp³-hybridized carbons (Fsp3) is 0.400. The minimum absolute atomic E-state index is 0. The standard InChI is InChI=1S/C15H21F2N3O.HI/c1-3-8-19-15(18-4-2)20-10-12-6-5-7-13(9-12)21-11-14(16)17;/h3,5-7,9,14H,1,4,8,10-11H2,2H3,(H2,18,19,20);1H. The molecule has 0 aliphatic heterocycles. The Hall–Kier alpha value is -1.38. The van der Waals surface area contributed by atoms with Gasteiger partial charge in [-0.2, -0.15) is 0 Å². The van der Waals surface area contributed by atoms with Gasteiger partial charge in [-0.15, -0.1) is 30.6 Å². The number of alkyl halides is 2. The van der Waals surface area contributed by atoms with E-state index in [9.17, 15) is 8.78 Å². The first-order valence-corrected chi connectivity index (χ1v) is 6.78. The lowest BCUT2D eigenvalue weighted by Crippen LogP contribution is -2.37. The number of nitrogens with one attached hydrogen (secondary N) is 2. The molecule has 22 heavy (non-hydrogen) atoms. The van der Waals surface area contributed by atoms with E-state index in [2.05, 4.69) is 22.2 Å². The lowest BCUT2D eigenvalue weighted by atomic mass is 10.2. The van der Waals surface area contributed by atoms with Crippen LogP contribution in [0.25, 0.3) is 0 Å². The molecule has 0 saturated heterocycles. The normalized spacial score (nSPS) is 10.8. The summed E-state index contributed by atoms with van der Waals surface area (Å²) in [5, 5.41) is 6.19. The topological polar surface area (TPSA) is 45.7 Å². The largest absolute Gasteiger partial charge is 0.488 e. The van der Waals surface area contributed by atoms with Gasteiger partial charge in [-0.3, -0.25) is 0 Å². The van der Waals surface area contributed by atoms with Crippen molar-refractivity contribution in [3.05, 3.63) is 42.5 Å². The SMILES string of the molecule is C=CCNC(=NCc1cccc(OCC(F)F)c1)NCC.I. The first kappa shape index (κ1) is 20.6. The number of hydrogen-bond acceptors (Lipinski definition) is 2. The third kappa shape index (κ3) is 8.81. The van der Waals surface area contributed by atoms with E-state index in [0.29, 0.717) is 24.8 Å². The summed E-state index contributed by atoms with van der Waals surface area (Å²) >= 11 is 0. The predicted octanol–water partition coefficient (Wildman–Crippen LogP) is 3.19. The van der Waals surface area contributed by atoms with Gasteiger partial charge in [0, 0.05) is 13.1 Å². The number of halogens is 3. The van der Waals surface area contributed by atoms with Crippen LogP contribution in [-0.4, -0.2) is 32.1 Å². The van der Waals surface area contributed by atoms with Gasteiger partial charge in [-0.25, -0.2) is 13.8 Å². The van der Waals surface area contributed by atoms with Crippen LogP contribution in [0.5, 0.6) is 5.75 Å². The highest BCUT2D eigenvalue weighted by atomic mass is 127. The van der Waals surface area contributed by atoms with Crippen LogP contribution in [0, 0.1) is 0 Å². The zero-order valence-corrected chi connectivity index (χ0v) is 14.8. The van der Waals surface area contributed by atoms with Gasteiger partial charge >= 0.3 is 0 Å². The van der Waals surface area contributed by atoms with Crippen molar-refractivity contribution >= 4 is 29.9 Å². The predicted molar refractivity (Wildman–Crippen MR) is 96.4 cm³/mol. The molecular weight excluding hydrogens is 403 g/mol. The molecule has 0 bridgehead atoms. The molecule has 124 valence electrons. The molecular formula is C15H22F2IN3O. The smallest absolute Gasteiger partial charge is 0.272 e. The van der Waals surface area contributed by atoms with Crippen LogP contribution in [0.4, 0.5) is 8.78 Å². The van der Waals surface area contributed by atoms with Crippen molar-refractivity contribution in [1.82, 2.24) is 10.6 Å². The number of aliphatic imine (C=N–C) groups is 1. The molecule has 1 rings (SSSR count). The van der Waals surface area contributed by atoms with Gasteiger partial charge in [-0.05, 0) is 24.6 Å². The second kappa shape index (κ2) is 12.2. The quantitative estimate of drug-likeness (QED) is 0.291. The number of rotatable bonds is 8. The third-order valence-electron chi connectivity index (χ3n) is 2.45. The highest BCUT2D eigenvalue weighted by Crippen LogP contribution is 2.14. The minimum atomic E-state index is -2.48. The van der Waals surface area contributed by atoms with Gasteiger partial charge in [-0.1, -0.05) is 18.2 Å². The maximum Gasteiger partial charge on any atom is 0.272 e. The average Bonchev–Trinajstić information content (AvgIpc) is 2.48. The van der Waals surface area contributed by atoms with Crippen molar-refractivity contribution in [2.45, 2.75) is 19.9 Å². The van der Waals surface area contributed by atoms with E-state index in [4.69, 9.17) is 4.74 Å². The van der Waals surface area contributed by atoms with Crippen LogP contribution in [0.2, 0.25) is 0 Å². The molecule has 2 N–H and O–H groups in total. The summed E-state index contributed by atoms with van der Waals surface area (Å²) in [6, 6.07) is 6.99. The summed E-state index contributed by atoms with van der Waals surface area (Å²) in [5.74, 6) is 1.10. The van der Waals surface area contributed by atoms with Gasteiger partial charge in [0.1, 0.15) is 12.4 Å². The summed E-state index contributed by atoms with van der Waals surface area (Å²) in [7, 11) is 0. The van der Waals surface area contributed by atoms with Crippen molar-refractivity contribution in [3.8, 4) is 5.75 Å². The highest BCUT2D eigenvalue weighted by molar-refractivity contribution is 14.0. The molecule has 1 aromatic rings. The molecule has 0 spiro atoms. The Kier molecular flexibility index (Phi) is 11.4. The molecule has 7 heteroatoms. The number of hydrogen-bond donors (Lipinski definition) is 2. The van der Waals surface area contributed by atoms with Crippen LogP contribution in [0.1, 0.15) is 12.5 Å². The number of guanidine groups is 1. The van der Waals surface area contributed by atoms with Gasteiger partial charge < -0.3 is 15.4 Å².